The molecule has 0 aromatic heterocycles. The van der Waals surface area contributed by atoms with Crippen molar-refractivity contribution in [2.75, 3.05) is 0 Å². The van der Waals surface area contributed by atoms with Crippen LogP contribution >= 0.6 is 0 Å². The number of benzene rings is 2. The van der Waals surface area contributed by atoms with E-state index in [-0.39, 0.29) is 16.7 Å². The van der Waals surface area contributed by atoms with Gasteiger partial charge in [-0.15, -0.1) is 0 Å². The molecule has 0 fully saturated rings. The molecule has 118 valence electrons. The smallest absolute Gasteiger partial charge is 0.335 e. The van der Waals surface area contributed by atoms with Crippen LogP contribution in [-0.2, 0) is 0 Å². The zero-order chi connectivity index (χ0) is 17.3. The zero-order valence-corrected chi connectivity index (χ0v) is 12.5. The summed E-state index contributed by atoms with van der Waals surface area (Å²) < 4.78 is 0. The first-order valence-electron chi connectivity index (χ1n) is 6.67. The molecule has 6 nitrogen and oxygen atoms in total. The number of hydrogen-bond donors (Lipinski definition) is 3. The number of carboxylic acid groups (broad SMARTS) is 3. The van der Waals surface area contributed by atoms with Gasteiger partial charge in [0, 0.05) is 0 Å². The summed E-state index contributed by atoms with van der Waals surface area (Å²) in [5.74, 6) is -3.52. The van der Waals surface area contributed by atoms with Crippen molar-refractivity contribution in [2.45, 2.75) is 13.8 Å². The normalized spacial score (nSPS) is 10.3. The Bertz CT molecular complexity index is 780. The molecule has 2 rings (SSSR count). The van der Waals surface area contributed by atoms with Crippen LogP contribution in [0.3, 0.4) is 0 Å². The molecule has 0 saturated carbocycles. The first-order chi connectivity index (χ1) is 10.7. The third kappa shape index (κ3) is 3.21. The summed E-state index contributed by atoms with van der Waals surface area (Å²) in [5.41, 5.74) is 2.15. The van der Waals surface area contributed by atoms with Crippen molar-refractivity contribution in [2.24, 2.45) is 0 Å². The van der Waals surface area contributed by atoms with Crippen LogP contribution in [0, 0.1) is 13.8 Å². The van der Waals surface area contributed by atoms with Gasteiger partial charge in [-0.2, -0.15) is 0 Å². The van der Waals surface area contributed by atoms with Crippen molar-refractivity contribution in [3.05, 3.63) is 58.1 Å². The minimum Gasteiger partial charge on any atom is -0.478 e. The molecule has 0 aliphatic heterocycles. The fourth-order valence-electron chi connectivity index (χ4n) is 2.56. The lowest BCUT2D eigenvalue weighted by molar-refractivity contribution is 0.0682. The molecular formula is C17H14O6. The molecule has 0 atom stereocenters. The van der Waals surface area contributed by atoms with Gasteiger partial charge in [-0.1, -0.05) is 0 Å². The van der Waals surface area contributed by atoms with Crippen LogP contribution in [0.25, 0.3) is 11.1 Å². The molecule has 0 bridgehead atoms. The maximum atomic E-state index is 11.2. The second-order valence-electron chi connectivity index (χ2n) is 5.20. The van der Waals surface area contributed by atoms with E-state index in [2.05, 4.69) is 0 Å². The van der Waals surface area contributed by atoms with Gasteiger partial charge >= 0.3 is 17.9 Å². The second kappa shape index (κ2) is 5.92. The van der Waals surface area contributed by atoms with Crippen molar-refractivity contribution in [3.63, 3.8) is 0 Å². The van der Waals surface area contributed by atoms with E-state index < -0.39 is 17.9 Å². The maximum absolute atomic E-state index is 11.2. The third-order valence-corrected chi connectivity index (χ3v) is 3.50. The highest BCUT2D eigenvalue weighted by Gasteiger charge is 2.16. The van der Waals surface area contributed by atoms with E-state index in [0.717, 1.165) is 6.07 Å². The molecule has 6 heteroatoms. The summed E-state index contributed by atoms with van der Waals surface area (Å²) in [7, 11) is 0. The van der Waals surface area contributed by atoms with Gasteiger partial charge in [-0.05, 0) is 66.4 Å². The van der Waals surface area contributed by atoms with Crippen LogP contribution < -0.4 is 0 Å². The number of carboxylic acids is 3. The minimum absolute atomic E-state index is 0.122. The van der Waals surface area contributed by atoms with Gasteiger partial charge in [0.15, 0.2) is 0 Å². The van der Waals surface area contributed by atoms with Gasteiger partial charge < -0.3 is 15.3 Å². The number of carbonyl (C=O) groups is 3. The van der Waals surface area contributed by atoms with Crippen molar-refractivity contribution < 1.29 is 29.7 Å². The summed E-state index contributed by atoms with van der Waals surface area (Å²) in [6.45, 7) is 3.39. The van der Waals surface area contributed by atoms with E-state index in [9.17, 15) is 14.4 Å². The van der Waals surface area contributed by atoms with Crippen LogP contribution in [0.2, 0.25) is 0 Å². The lowest BCUT2D eigenvalue weighted by atomic mass is 9.91. The van der Waals surface area contributed by atoms with E-state index in [1.54, 1.807) is 13.8 Å². The number of rotatable bonds is 4. The van der Waals surface area contributed by atoms with Crippen LogP contribution in [0.1, 0.15) is 42.2 Å². The zero-order valence-electron chi connectivity index (χ0n) is 12.5. The van der Waals surface area contributed by atoms with E-state index in [1.165, 1.54) is 24.3 Å². The predicted octanol–water partition coefficient (Wildman–Crippen LogP) is 3.07. The molecule has 2 aromatic carbocycles. The Labute approximate surface area is 131 Å². The number of hydrogen-bond acceptors (Lipinski definition) is 3. The highest BCUT2D eigenvalue weighted by atomic mass is 16.4. The molecule has 23 heavy (non-hydrogen) atoms. The molecule has 0 unspecified atom stereocenters. The topological polar surface area (TPSA) is 112 Å². The van der Waals surface area contributed by atoms with E-state index in [0.29, 0.717) is 22.3 Å². The molecule has 2 aromatic rings. The minimum atomic E-state index is -1.23. The Morgan fingerprint density at radius 1 is 0.652 bits per heavy atom. The van der Waals surface area contributed by atoms with Crippen LogP contribution in [0.15, 0.2) is 30.3 Å². The quantitative estimate of drug-likeness (QED) is 0.799. The Morgan fingerprint density at radius 3 is 1.35 bits per heavy atom. The first kappa shape index (κ1) is 16.2. The van der Waals surface area contributed by atoms with Crippen LogP contribution in [0.4, 0.5) is 0 Å². The van der Waals surface area contributed by atoms with E-state index in [4.69, 9.17) is 15.3 Å². The molecule has 0 aliphatic rings. The van der Waals surface area contributed by atoms with Crippen LogP contribution in [0.5, 0.6) is 0 Å². The molecule has 3 N–H and O–H groups in total. The Kier molecular flexibility index (Phi) is 4.18. The average Bonchev–Trinajstić information content (AvgIpc) is 2.45. The third-order valence-electron chi connectivity index (χ3n) is 3.50. The van der Waals surface area contributed by atoms with Crippen molar-refractivity contribution in [1.29, 1.82) is 0 Å². The summed E-state index contributed by atoms with van der Waals surface area (Å²) >= 11 is 0. The molecule has 0 amide bonds. The molecule has 0 heterocycles. The van der Waals surface area contributed by atoms with Crippen LogP contribution in [-0.4, -0.2) is 33.2 Å². The SMILES string of the molecule is Cc1cc(C(=O)O)cc(C)c1-c1cc(C(=O)O)cc(C(=O)O)c1. The summed E-state index contributed by atoms with van der Waals surface area (Å²) in [5, 5.41) is 27.4. The standard InChI is InChI=1S/C17H14O6/c1-8-3-11(15(18)19)4-9(2)14(8)10-5-12(16(20)21)7-13(6-10)17(22)23/h3-7H,1-2H3,(H,18,19)(H,20,21)(H,22,23). The Morgan fingerprint density at radius 2 is 1.00 bits per heavy atom. The highest BCUT2D eigenvalue weighted by molar-refractivity contribution is 5.97. The lowest BCUT2D eigenvalue weighted by Gasteiger charge is -2.13. The predicted molar refractivity (Wildman–Crippen MR) is 82.2 cm³/mol. The van der Waals surface area contributed by atoms with E-state index in [1.807, 2.05) is 0 Å². The van der Waals surface area contributed by atoms with Gasteiger partial charge in [0.25, 0.3) is 0 Å². The van der Waals surface area contributed by atoms with Crippen molar-refractivity contribution in [1.82, 2.24) is 0 Å². The largest absolute Gasteiger partial charge is 0.478 e. The molecule has 0 saturated heterocycles. The molecule has 0 aliphatic carbocycles. The van der Waals surface area contributed by atoms with Gasteiger partial charge in [-0.25, -0.2) is 14.4 Å². The average molecular weight is 314 g/mol. The monoisotopic (exact) mass is 314 g/mol. The van der Waals surface area contributed by atoms with E-state index >= 15 is 0 Å². The van der Waals surface area contributed by atoms with Gasteiger partial charge in [-0.3, -0.25) is 0 Å². The summed E-state index contributed by atoms with van der Waals surface area (Å²) in [4.78, 5) is 33.5. The fraction of sp³-hybridized carbons (Fsp3) is 0.118. The second-order valence-corrected chi connectivity index (χ2v) is 5.20. The number of aryl methyl sites for hydroxylation is 2. The molecule has 0 radical (unpaired) electrons. The first-order valence-corrected chi connectivity index (χ1v) is 6.67. The van der Waals surface area contributed by atoms with Crippen molar-refractivity contribution >= 4 is 17.9 Å². The Hall–Kier alpha value is -3.15. The highest BCUT2D eigenvalue weighted by Crippen LogP contribution is 2.30. The summed E-state index contributed by atoms with van der Waals surface area (Å²) in [6, 6.07) is 6.79. The Balaban J connectivity index is 2.73. The van der Waals surface area contributed by atoms with Gasteiger partial charge in [0.1, 0.15) is 0 Å². The summed E-state index contributed by atoms with van der Waals surface area (Å²) in [6.07, 6.45) is 0. The van der Waals surface area contributed by atoms with Gasteiger partial charge in [0.05, 0.1) is 16.7 Å². The van der Waals surface area contributed by atoms with Crippen molar-refractivity contribution in [3.8, 4) is 11.1 Å². The number of aromatic carboxylic acids is 3. The lowest BCUT2D eigenvalue weighted by Crippen LogP contribution is -2.04. The van der Waals surface area contributed by atoms with Gasteiger partial charge in [0.2, 0.25) is 0 Å². The maximum Gasteiger partial charge on any atom is 0.335 e. The molecular weight excluding hydrogens is 300 g/mol. The molecule has 0 spiro atoms. The fourth-order valence-corrected chi connectivity index (χ4v) is 2.56.